The summed E-state index contributed by atoms with van der Waals surface area (Å²) in [5.74, 6) is 0. The SMILES string of the molecule is CN(C)C.OCc1cccc(SO)c1.S=CC1CCCN1. The van der Waals surface area contributed by atoms with Crippen LogP contribution in [0.25, 0.3) is 0 Å². The zero-order valence-corrected chi connectivity index (χ0v) is 14.6. The van der Waals surface area contributed by atoms with Gasteiger partial charge >= 0.3 is 0 Å². The summed E-state index contributed by atoms with van der Waals surface area (Å²) in [6, 6.07) is 7.66. The second kappa shape index (κ2) is 13.2. The standard InChI is InChI=1S/C7H8O2S.C5H9NS.C3H9N/c8-5-6-2-1-3-7(4-6)10-9;7-4-5-2-1-3-6-5;1-4(2)3/h1-4,8-9H,5H2;4-6H,1-3H2;1-3H3. The van der Waals surface area contributed by atoms with Crippen LogP contribution in [-0.4, -0.2) is 53.7 Å². The highest BCUT2D eigenvalue weighted by Crippen LogP contribution is 2.14. The van der Waals surface area contributed by atoms with Crippen molar-refractivity contribution < 1.29 is 9.66 Å². The lowest BCUT2D eigenvalue weighted by atomic mass is 10.2. The Balaban J connectivity index is 0.000000317. The molecule has 0 bridgehead atoms. The number of rotatable bonds is 3. The summed E-state index contributed by atoms with van der Waals surface area (Å²) in [4.78, 5) is 2.76. The highest BCUT2D eigenvalue weighted by molar-refractivity contribution is 7.93. The van der Waals surface area contributed by atoms with Crippen LogP contribution in [0.5, 0.6) is 0 Å². The lowest BCUT2D eigenvalue weighted by Gasteiger charge is -1.96. The lowest BCUT2D eigenvalue weighted by Crippen LogP contribution is -2.21. The fraction of sp³-hybridized carbons (Fsp3) is 0.533. The molecular formula is C15H26N2O2S2. The van der Waals surface area contributed by atoms with E-state index < -0.39 is 0 Å². The van der Waals surface area contributed by atoms with Crippen molar-refractivity contribution in [2.24, 2.45) is 0 Å². The molecule has 0 radical (unpaired) electrons. The van der Waals surface area contributed by atoms with Crippen molar-refractivity contribution >= 4 is 29.6 Å². The summed E-state index contributed by atoms with van der Waals surface area (Å²) in [6.45, 7) is 1.17. The minimum atomic E-state index is 0.0222. The molecule has 0 amide bonds. The van der Waals surface area contributed by atoms with Gasteiger partial charge in [-0.1, -0.05) is 24.4 Å². The summed E-state index contributed by atoms with van der Waals surface area (Å²) in [5, 5.41) is 13.7. The van der Waals surface area contributed by atoms with Crippen LogP contribution in [0.4, 0.5) is 0 Å². The number of aliphatic hydroxyl groups excluding tert-OH is 1. The molecule has 2 rings (SSSR count). The van der Waals surface area contributed by atoms with Gasteiger partial charge in [-0.25, -0.2) is 0 Å². The average molecular weight is 331 g/mol. The number of aliphatic hydroxyl groups is 1. The molecule has 0 aromatic heterocycles. The van der Waals surface area contributed by atoms with Crippen molar-refractivity contribution in [3.8, 4) is 0 Å². The molecule has 4 nitrogen and oxygen atoms in total. The van der Waals surface area contributed by atoms with Gasteiger partial charge in [0.15, 0.2) is 0 Å². The number of thiocarbonyl (C=S) groups is 1. The second-order valence-corrected chi connectivity index (χ2v) is 6.00. The summed E-state index contributed by atoms with van der Waals surface area (Å²) < 4.78 is 8.59. The molecule has 1 unspecified atom stereocenters. The van der Waals surface area contributed by atoms with Crippen molar-refractivity contribution in [1.29, 1.82) is 0 Å². The Labute approximate surface area is 137 Å². The van der Waals surface area contributed by atoms with Gasteiger partial charge in [-0.2, -0.15) is 0 Å². The Morgan fingerprint density at radius 1 is 1.43 bits per heavy atom. The van der Waals surface area contributed by atoms with Gasteiger partial charge in [0.05, 0.1) is 6.61 Å². The molecule has 6 heteroatoms. The third kappa shape index (κ3) is 11.8. The van der Waals surface area contributed by atoms with Crippen LogP contribution < -0.4 is 5.32 Å². The molecule has 0 aliphatic carbocycles. The molecule has 1 aliphatic heterocycles. The number of hydrogen-bond donors (Lipinski definition) is 3. The molecule has 1 fully saturated rings. The molecule has 1 atom stereocenters. The molecule has 1 aliphatic rings. The molecule has 120 valence electrons. The Hall–Kier alpha value is -0.500. The van der Waals surface area contributed by atoms with Crippen LogP contribution in [0, 0.1) is 0 Å². The zero-order valence-electron chi connectivity index (χ0n) is 13.0. The van der Waals surface area contributed by atoms with Crippen LogP contribution in [0.2, 0.25) is 0 Å². The van der Waals surface area contributed by atoms with Crippen molar-refractivity contribution in [3.63, 3.8) is 0 Å². The molecule has 1 heterocycles. The largest absolute Gasteiger partial charge is 0.392 e. The first-order valence-corrected chi connectivity index (χ1v) is 8.08. The maximum atomic E-state index is 8.67. The van der Waals surface area contributed by atoms with Gasteiger partial charge in [-0.3, -0.25) is 0 Å². The second-order valence-electron chi connectivity index (χ2n) is 5.08. The monoisotopic (exact) mass is 330 g/mol. The minimum Gasteiger partial charge on any atom is -0.392 e. The first-order valence-electron chi connectivity index (χ1n) is 6.84. The highest BCUT2D eigenvalue weighted by Gasteiger charge is 2.08. The first kappa shape index (κ1) is 20.5. The van der Waals surface area contributed by atoms with E-state index in [2.05, 4.69) is 5.32 Å². The summed E-state index contributed by atoms with van der Waals surface area (Å²) in [7, 11) is 6.00. The van der Waals surface area contributed by atoms with E-state index in [1.54, 1.807) is 24.3 Å². The molecule has 0 spiro atoms. The summed E-state index contributed by atoms with van der Waals surface area (Å²) in [6.07, 6.45) is 2.53. The van der Waals surface area contributed by atoms with Gasteiger partial charge in [0.25, 0.3) is 0 Å². The van der Waals surface area contributed by atoms with E-state index >= 15 is 0 Å². The third-order valence-corrected chi connectivity index (χ3v) is 3.24. The smallest absolute Gasteiger partial charge is 0.0682 e. The molecule has 1 saturated heterocycles. The predicted molar refractivity (Wildman–Crippen MR) is 95.1 cm³/mol. The Bertz CT molecular complexity index is 362. The van der Waals surface area contributed by atoms with E-state index in [0.717, 1.165) is 17.0 Å². The van der Waals surface area contributed by atoms with Crippen LogP contribution >= 0.6 is 24.3 Å². The number of nitrogens with one attached hydrogen (secondary N) is 1. The first-order chi connectivity index (χ1) is 10.0. The van der Waals surface area contributed by atoms with Crippen molar-refractivity contribution in [2.75, 3.05) is 27.7 Å². The van der Waals surface area contributed by atoms with Gasteiger partial charge in [-0.05, 0) is 63.6 Å². The van der Waals surface area contributed by atoms with E-state index in [9.17, 15) is 0 Å². The quantitative estimate of drug-likeness (QED) is 0.585. The lowest BCUT2D eigenvalue weighted by molar-refractivity contribution is 0.281. The average Bonchev–Trinajstić information content (AvgIpc) is 3.01. The third-order valence-electron chi connectivity index (χ3n) is 2.45. The molecule has 0 saturated carbocycles. The van der Waals surface area contributed by atoms with E-state index in [1.165, 1.54) is 12.8 Å². The highest BCUT2D eigenvalue weighted by atomic mass is 32.2. The van der Waals surface area contributed by atoms with Crippen LogP contribution in [0.3, 0.4) is 0 Å². The zero-order chi connectivity index (χ0) is 16.1. The molecule has 1 aromatic carbocycles. The van der Waals surface area contributed by atoms with Gasteiger partial charge in [0.2, 0.25) is 0 Å². The van der Waals surface area contributed by atoms with Crippen LogP contribution in [-0.2, 0) is 6.61 Å². The van der Waals surface area contributed by atoms with E-state index in [4.69, 9.17) is 21.9 Å². The van der Waals surface area contributed by atoms with Crippen LogP contribution in [0.1, 0.15) is 18.4 Å². The van der Waals surface area contributed by atoms with Crippen molar-refractivity contribution in [2.45, 2.75) is 30.4 Å². The van der Waals surface area contributed by atoms with Gasteiger partial charge in [0.1, 0.15) is 0 Å². The maximum absolute atomic E-state index is 8.67. The van der Waals surface area contributed by atoms with Crippen molar-refractivity contribution in [3.05, 3.63) is 29.8 Å². The van der Waals surface area contributed by atoms with Gasteiger partial charge in [0, 0.05) is 23.0 Å². The van der Waals surface area contributed by atoms with Crippen molar-refractivity contribution in [1.82, 2.24) is 10.2 Å². The van der Waals surface area contributed by atoms with E-state index in [0.29, 0.717) is 18.1 Å². The normalized spacial score (nSPS) is 16.6. The van der Waals surface area contributed by atoms with Gasteiger partial charge in [-0.15, -0.1) is 0 Å². The number of hydrogen-bond acceptors (Lipinski definition) is 6. The number of benzene rings is 1. The van der Waals surface area contributed by atoms with Gasteiger partial charge < -0.3 is 19.9 Å². The predicted octanol–water partition coefficient (Wildman–Crippen LogP) is 2.66. The molecule has 1 aromatic rings. The Kier molecular flexibility index (Phi) is 12.9. The minimum absolute atomic E-state index is 0.0222. The number of nitrogens with zero attached hydrogens (tertiary/aromatic N) is 1. The van der Waals surface area contributed by atoms with E-state index in [1.807, 2.05) is 31.4 Å². The fourth-order valence-electron chi connectivity index (χ4n) is 1.53. The molecule has 21 heavy (non-hydrogen) atoms. The fourth-order valence-corrected chi connectivity index (χ4v) is 2.10. The topological polar surface area (TPSA) is 55.7 Å². The Morgan fingerprint density at radius 2 is 2.10 bits per heavy atom. The Morgan fingerprint density at radius 3 is 2.48 bits per heavy atom. The summed E-state index contributed by atoms with van der Waals surface area (Å²) >= 11 is 5.41. The summed E-state index contributed by atoms with van der Waals surface area (Å²) in [5.41, 5.74) is 0.819. The molecular weight excluding hydrogens is 304 g/mol. The molecule has 3 N–H and O–H groups in total. The van der Waals surface area contributed by atoms with Crippen LogP contribution in [0.15, 0.2) is 29.2 Å². The maximum Gasteiger partial charge on any atom is 0.0682 e. The van der Waals surface area contributed by atoms with E-state index in [-0.39, 0.29) is 6.61 Å².